The summed E-state index contributed by atoms with van der Waals surface area (Å²) >= 11 is 0. The Bertz CT molecular complexity index is 1730. The van der Waals surface area contributed by atoms with Crippen LogP contribution >= 0.6 is 0 Å². The third kappa shape index (κ3) is 7.35. The molecule has 0 N–H and O–H groups in total. The molecule has 9 nitrogen and oxygen atoms in total. The minimum Gasteiger partial charge on any atom is -0.374 e. The lowest BCUT2D eigenvalue weighted by molar-refractivity contribution is -0.557. The van der Waals surface area contributed by atoms with E-state index in [9.17, 15) is 14.9 Å². The van der Waals surface area contributed by atoms with E-state index >= 15 is 0 Å². The van der Waals surface area contributed by atoms with Gasteiger partial charge in [0.1, 0.15) is 12.2 Å². The topological polar surface area (TPSA) is 110 Å². The minimum absolute atomic E-state index is 0.0154. The molecule has 1 fully saturated rings. The van der Waals surface area contributed by atoms with Crippen molar-refractivity contribution in [2.75, 3.05) is 6.61 Å². The zero-order valence-electron chi connectivity index (χ0n) is 25.1. The Balaban J connectivity index is 1.36. The highest BCUT2D eigenvalue weighted by Gasteiger charge is 2.56. The molecule has 5 aromatic rings. The summed E-state index contributed by atoms with van der Waals surface area (Å²) in [5, 5.41) is 13.6. The molecule has 0 bridgehead atoms. The van der Waals surface area contributed by atoms with Crippen molar-refractivity contribution in [3.05, 3.63) is 160 Å². The minimum atomic E-state index is -1.57. The first-order chi connectivity index (χ1) is 22.6. The summed E-state index contributed by atoms with van der Waals surface area (Å²) in [6.07, 6.45) is -2.82. The Morgan fingerprint density at radius 2 is 1.28 bits per heavy atom. The van der Waals surface area contributed by atoms with Gasteiger partial charge in [0.15, 0.2) is 12.2 Å². The molecule has 46 heavy (non-hydrogen) atoms. The molecule has 0 unspecified atom stereocenters. The lowest BCUT2D eigenvalue weighted by Gasteiger charge is -2.42. The van der Waals surface area contributed by atoms with Crippen molar-refractivity contribution in [1.29, 1.82) is 0 Å². The van der Waals surface area contributed by atoms with Crippen molar-refractivity contribution in [2.24, 2.45) is 0 Å². The van der Waals surface area contributed by atoms with Crippen molar-refractivity contribution in [3.8, 4) is 0 Å². The molecular weight excluding hydrogens is 584 g/mol. The van der Waals surface area contributed by atoms with E-state index in [4.69, 9.17) is 18.9 Å². The van der Waals surface area contributed by atoms with Gasteiger partial charge >= 0.3 is 0 Å². The maximum Gasteiger partial charge on any atom is 0.274 e. The molecule has 0 radical (unpaired) electrons. The predicted molar refractivity (Wildman–Crippen MR) is 172 cm³/mol. The number of benzene rings is 4. The highest BCUT2D eigenvalue weighted by molar-refractivity contribution is 6.09. The van der Waals surface area contributed by atoms with Crippen LogP contribution in [0.25, 0.3) is 10.9 Å². The Morgan fingerprint density at radius 3 is 1.89 bits per heavy atom. The van der Waals surface area contributed by atoms with Crippen molar-refractivity contribution in [2.45, 2.75) is 50.3 Å². The first kappa shape index (κ1) is 31.2. The average molecular weight is 619 g/mol. The van der Waals surface area contributed by atoms with E-state index in [-0.39, 0.29) is 32.0 Å². The highest BCUT2D eigenvalue weighted by atomic mass is 16.7. The van der Waals surface area contributed by atoms with Gasteiger partial charge < -0.3 is 18.9 Å². The van der Waals surface area contributed by atoms with E-state index in [2.05, 4.69) is 4.98 Å². The molecule has 0 amide bonds. The lowest BCUT2D eigenvalue weighted by atomic mass is 9.88. The van der Waals surface area contributed by atoms with Crippen LogP contribution in [0.2, 0.25) is 0 Å². The first-order valence-electron chi connectivity index (χ1n) is 15.2. The number of nitrogens with zero attached hydrogens (tertiary/aromatic N) is 2. The second-order valence-corrected chi connectivity index (χ2v) is 11.1. The molecule has 0 saturated carbocycles. The number of aromatic nitrogens is 1. The molecule has 5 atom stereocenters. The van der Waals surface area contributed by atoms with E-state index < -0.39 is 41.2 Å². The van der Waals surface area contributed by atoms with Crippen LogP contribution in [0.15, 0.2) is 128 Å². The molecule has 6 rings (SSSR count). The van der Waals surface area contributed by atoms with Crippen molar-refractivity contribution in [1.82, 2.24) is 4.98 Å². The number of Topliss-reactive ketones (excluding diaryl/α,β-unsaturated/α-hetero) is 1. The summed E-state index contributed by atoms with van der Waals surface area (Å²) in [6, 6.07) is 35.8. The number of carbonyl (C=O) groups is 1. The van der Waals surface area contributed by atoms with Crippen LogP contribution in [0.5, 0.6) is 0 Å². The monoisotopic (exact) mass is 618 g/mol. The molecule has 1 saturated heterocycles. The standard InChI is InChI=1S/C37H34N2O7/c40-34(30-20-10-18-29-19-11-21-38-32(29)30)36-33(39(41)42)37(45-24-28-16-8-3-9-17-28)35(44-23-27-14-6-2-7-15-27)31(46-36)25-43-22-26-12-4-1-5-13-26/h1-21,31,33,35-37H,22-25H2/t31-,33+,35-,36-,37-/m1/s1. The predicted octanol–water partition coefficient (Wildman–Crippen LogP) is 6.22. The zero-order valence-corrected chi connectivity index (χ0v) is 25.1. The third-order valence-corrected chi connectivity index (χ3v) is 8.02. The second-order valence-electron chi connectivity index (χ2n) is 11.1. The number of nitro groups is 1. The van der Waals surface area contributed by atoms with Gasteiger partial charge in [0.05, 0.1) is 31.9 Å². The molecule has 0 spiro atoms. The smallest absolute Gasteiger partial charge is 0.274 e. The second kappa shape index (κ2) is 15.0. The fraction of sp³-hybridized carbons (Fsp3) is 0.243. The largest absolute Gasteiger partial charge is 0.374 e. The summed E-state index contributed by atoms with van der Waals surface area (Å²) in [4.78, 5) is 31.1. The molecule has 1 aliphatic heterocycles. The van der Waals surface area contributed by atoms with Crippen molar-refractivity contribution >= 4 is 16.7 Å². The van der Waals surface area contributed by atoms with Crippen LogP contribution < -0.4 is 0 Å². The molecule has 1 aliphatic rings. The summed E-state index contributed by atoms with van der Waals surface area (Å²) in [5.74, 6) is -0.547. The van der Waals surface area contributed by atoms with E-state index in [1.807, 2.05) is 103 Å². The number of hydrogen-bond donors (Lipinski definition) is 0. The number of hydrogen-bond acceptors (Lipinski definition) is 8. The fourth-order valence-electron chi connectivity index (χ4n) is 5.76. The number of ether oxygens (including phenoxy) is 4. The van der Waals surface area contributed by atoms with Gasteiger partial charge in [0, 0.05) is 22.1 Å². The number of rotatable bonds is 13. The molecule has 9 heteroatoms. The van der Waals surface area contributed by atoms with Gasteiger partial charge in [-0.05, 0) is 28.8 Å². The number of ketones is 1. The highest BCUT2D eigenvalue weighted by Crippen LogP contribution is 2.32. The van der Waals surface area contributed by atoms with E-state index in [0.29, 0.717) is 5.52 Å². The number of para-hydroxylation sites is 1. The number of carbonyl (C=O) groups excluding carboxylic acids is 1. The molecule has 4 aromatic carbocycles. The van der Waals surface area contributed by atoms with Gasteiger partial charge in [-0.25, -0.2) is 0 Å². The molecular formula is C37H34N2O7. The quantitative estimate of drug-likeness (QED) is 0.0870. The van der Waals surface area contributed by atoms with E-state index in [1.54, 1.807) is 24.4 Å². The van der Waals surface area contributed by atoms with Gasteiger partial charge in [0.25, 0.3) is 6.04 Å². The van der Waals surface area contributed by atoms with Crippen LogP contribution in [0.1, 0.15) is 27.0 Å². The summed E-state index contributed by atoms with van der Waals surface area (Å²) in [7, 11) is 0. The van der Waals surface area contributed by atoms with Crippen LogP contribution in [-0.4, -0.2) is 52.8 Å². The molecule has 234 valence electrons. The maximum atomic E-state index is 14.3. The molecule has 0 aliphatic carbocycles. The van der Waals surface area contributed by atoms with E-state index in [1.165, 1.54) is 0 Å². The average Bonchev–Trinajstić information content (AvgIpc) is 3.10. The zero-order chi connectivity index (χ0) is 31.7. The van der Waals surface area contributed by atoms with Crippen LogP contribution in [0, 0.1) is 10.1 Å². The van der Waals surface area contributed by atoms with Gasteiger partial charge in [-0.2, -0.15) is 0 Å². The Labute approximate surface area is 266 Å². The van der Waals surface area contributed by atoms with Gasteiger partial charge in [-0.1, -0.05) is 109 Å². The molecule has 2 heterocycles. The Hall–Kier alpha value is -4.80. The summed E-state index contributed by atoms with van der Waals surface area (Å²) in [6.45, 7) is 0.536. The summed E-state index contributed by atoms with van der Waals surface area (Å²) in [5.41, 5.74) is 3.35. The van der Waals surface area contributed by atoms with Gasteiger partial charge in [-0.3, -0.25) is 19.9 Å². The van der Waals surface area contributed by atoms with Crippen LogP contribution in [0.4, 0.5) is 0 Å². The van der Waals surface area contributed by atoms with Crippen molar-refractivity contribution < 1.29 is 28.7 Å². The SMILES string of the molecule is O=C(c1cccc2cccnc12)[C@@H]1O[C@H](COCc2ccccc2)[C@@H](OCc2ccccc2)[C@H](OCc2ccccc2)[C@H]1[N+](=O)[O-]. The van der Waals surface area contributed by atoms with E-state index in [0.717, 1.165) is 22.1 Å². The first-order valence-corrected chi connectivity index (χ1v) is 15.2. The lowest BCUT2D eigenvalue weighted by Crippen LogP contribution is -2.64. The third-order valence-electron chi connectivity index (χ3n) is 8.02. The van der Waals surface area contributed by atoms with Crippen LogP contribution in [-0.2, 0) is 38.8 Å². The number of pyridine rings is 1. The summed E-state index contributed by atoms with van der Waals surface area (Å²) < 4.78 is 25.3. The molecule has 1 aromatic heterocycles. The Kier molecular flexibility index (Phi) is 10.2. The van der Waals surface area contributed by atoms with Crippen LogP contribution in [0.3, 0.4) is 0 Å². The Morgan fingerprint density at radius 1 is 0.717 bits per heavy atom. The normalized spacial score (nSPS) is 21.2. The fourth-order valence-corrected chi connectivity index (χ4v) is 5.76. The van der Waals surface area contributed by atoms with Gasteiger partial charge in [-0.15, -0.1) is 0 Å². The number of fused-ring (bicyclic) bond motifs is 1. The van der Waals surface area contributed by atoms with Crippen molar-refractivity contribution in [3.63, 3.8) is 0 Å². The van der Waals surface area contributed by atoms with Gasteiger partial charge in [0.2, 0.25) is 5.78 Å². The maximum absolute atomic E-state index is 14.3.